The fourth-order valence-electron chi connectivity index (χ4n) is 2.39. The Morgan fingerprint density at radius 3 is 2.89 bits per heavy atom. The Bertz CT molecular complexity index is 521. The van der Waals surface area contributed by atoms with E-state index in [4.69, 9.17) is 9.72 Å². The highest BCUT2D eigenvalue weighted by molar-refractivity contribution is 5.75. The quantitative estimate of drug-likeness (QED) is 0.832. The second-order valence-electron chi connectivity index (χ2n) is 4.95. The number of rotatable bonds is 7. The molecule has 0 fully saturated rings. The summed E-state index contributed by atoms with van der Waals surface area (Å²) >= 11 is 0. The van der Waals surface area contributed by atoms with E-state index in [2.05, 4.69) is 41.9 Å². The zero-order valence-corrected chi connectivity index (χ0v) is 12.0. The summed E-state index contributed by atoms with van der Waals surface area (Å²) in [5.41, 5.74) is 2.29. The maximum absolute atomic E-state index is 5.14. The summed E-state index contributed by atoms with van der Waals surface area (Å²) in [6.07, 6.45) is 0. The van der Waals surface area contributed by atoms with Gasteiger partial charge in [0.05, 0.1) is 17.6 Å². The van der Waals surface area contributed by atoms with Gasteiger partial charge in [0.15, 0.2) is 0 Å². The van der Waals surface area contributed by atoms with E-state index in [1.165, 1.54) is 5.52 Å². The van der Waals surface area contributed by atoms with Gasteiger partial charge >= 0.3 is 0 Å². The van der Waals surface area contributed by atoms with Crippen LogP contribution in [0, 0.1) is 5.92 Å². The van der Waals surface area contributed by atoms with E-state index in [1.54, 1.807) is 7.11 Å². The van der Waals surface area contributed by atoms with E-state index in [-0.39, 0.29) is 0 Å². The molecule has 0 saturated heterocycles. The summed E-state index contributed by atoms with van der Waals surface area (Å²) in [4.78, 5) is 4.70. The van der Waals surface area contributed by atoms with Crippen molar-refractivity contribution >= 4 is 11.0 Å². The molecule has 1 heterocycles. The lowest BCUT2D eigenvalue weighted by molar-refractivity contribution is 0.158. The number of fused-ring (bicyclic) bond motifs is 1. The van der Waals surface area contributed by atoms with Gasteiger partial charge in [-0.25, -0.2) is 4.98 Å². The number of imidazole rings is 1. The number of nitrogens with one attached hydrogen (secondary N) is 1. The van der Waals surface area contributed by atoms with Gasteiger partial charge in [0.25, 0.3) is 0 Å². The van der Waals surface area contributed by atoms with E-state index in [9.17, 15) is 0 Å². The molecule has 19 heavy (non-hydrogen) atoms. The van der Waals surface area contributed by atoms with Gasteiger partial charge in [-0.05, 0) is 25.0 Å². The van der Waals surface area contributed by atoms with Gasteiger partial charge in [0.2, 0.25) is 0 Å². The van der Waals surface area contributed by atoms with Gasteiger partial charge < -0.3 is 14.6 Å². The van der Waals surface area contributed by atoms with Crippen molar-refractivity contribution in [3.05, 3.63) is 30.1 Å². The molecule has 0 aliphatic heterocycles. The predicted molar refractivity (Wildman–Crippen MR) is 78.2 cm³/mol. The van der Waals surface area contributed by atoms with E-state index in [0.29, 0.717) is 5.92 Å². The highest BCUT2D eigenvalue weighted by Gasteiger charge is 2.09. The largest absolute Gasteiger partial charge is 0.384 e. The minimum Gasteiger partial charge on any atom is -0.384 e. The Morgan fingerprint density at radius 2 is 2.16 bits per heavy atom. The summed E-state index contributed by atoms with van der Waals surface area (Å²) in [5.74, 6) is 1.62. The lowest BCUT2D eigenvalue weighted by Crippen LogP contribution is -2.24. The molecule has 2 rings (SSSR count). The van der Waals surface area contributed by atoms with Gasteiger partial charge in [-0.15, -0.1) is 0 Å². The van der Waals surface area contributed by atoms with Crippen LogP contribution in [0.1, 0.15) is 19.7 Å². The fourth-order valence-corrected chi connectivity index (χ4v) is 2.39. The Morgan fingerprint density at radius 1 is 1.37 bits per heavy atom. The van der Waals surface area contributed by atoms with E-state index < -0.39 is 0 Å². The van der Waals surface area contributed by atoms with Gasteiger partial charge in [-0.3, -0.25) is 0 Å². The van der Waals surface area contributed by atoms with E-state index in [1.807, 2.05) is 6.07 Å². The topological polar surface area (TPSA) is 39.1 Å². The highest BCUT2D eigenvalue weighted by Crippen LogP contribution is 2.15. The average molecular weight is 261 g/mol. The van der Waals surface area contributed by atoms with Crippen molar-refractivity contribution < 1.29 is 4.74 Å². The van der Waals surface area contributed by atoms with Crippen LogP contribution in [0.3, 0.4) is 0 Å². The minimum atomic E-state index is 0.518. The third-order valence-electron chi connectivity index (χ3n) is 3.28. The molecule has 2 aromatic rings. The number of hydrogen-bond donors (Lipinski definition) is 1. The molecule has 1 aromatic carbocycles. The Balaban J connectivity index is 2.04. The zero-order valence-electron chi connectivity index (χ0n) is 12.0. The van der Waals surface area contributed by atoms with Crippen molar-refractivity contribution in [2.75, 3.05) is 20.3 Å². The van der Waals surface area contributed by atoms with Gasteiger partial charge in [-0.1, -0.05) is 19.1 Å². The number of para-hydroxylation sites is 2. The van der Waals surface area contributed by atoms with E-state index in [0.717, 1.165) is 37.6 Å². The van der Waals surface area contributed by atoms with Crippen molar-refractivity contribution in [1.82, 2.24) is 14.9 Å². The lowest BCUT2D eigenvalue weighted by Gasteiger charge is -2.12. The molecule has 0 aliphatic rings. The number of nitrogens with zero attached hydrogens (tertiary/aromatic N) is 2. The van der Waals surface area contributed by atoms with Crippen LogP contribution >= 0.6 is 0 Å². The van der Waals surface area contributed by atoms with E-state index >= 15 is 0 Å². The number of aryl methyl sites for hydroxylation is 1. The number of methoxy groups -OCH3 is 1. The smallest absolute Gasteiger partial charge is 0.123 e. The van der Waals surface area contributed by atoms with Crippen LogP contribution in [0.5, 0.6) is 0 Å². The van der Waals surface area contributed by atoms with Crippen LogP contribution in [-0.4, -0.2) is 29.8 Å². The molecule has 4 heteroatoms. The van der Waals surface area contributed by atoms with Crippen molar-refractivity contribution in [1.29, 1.82) is 0 Å². The number of aromatic nitrogens is 2. The summed E-state index contributed by atoms with van der Waals surface area (Å²) in [7, 11) is 1.74. The molecule has 0 bridgehead atoms. The molecule has 0 saturated carbocycles. The molecular weight excluding hydrogens is 238 g/mol. The second-order valence-corrected chi connectivity index (χ2v) is 4.95. The molecule has 0 spiro atoms. The van der Waals surface area contributed by atoms with Crippen molar-refractivity contribution in [3.8, 4) is 0 Å². The monoisotopic (exact) mass is 261 g/mol. The Hall–Kier alpha value is -1.39. The summed E-state index contributed by atoms with van der Waals surface area (Å²) in [6, 6.07) is 8.29. The third kappa shape index (κ3) is 3.33. The molecule has 4 nitrogen and oxygen atoms in total. The number of ether oxygens (including phenoxy) is 1. The van der Waals surface area contributed by atoms with Gasteiger partial charge in [-0.2, -0.15) is 0 Å². The molecular formula is C15H23N3O. The minimum absolute atomic E-state index is 0.518. The number of benzene rings is 1. The molecule has 1 N–H and O–H groups in total. The normalized spacial score (nSPS) is 13.0. The first-order valence-corrected chi connectivity index (χ1v) is 6.90. The van der Waals surface area contributed by atoms with Crippen LogP contribution in [0.15, 0.2) is 24.3 Å². The van der Waals surface area contributed by atoms with Crippen molar-refractivity contribution in [2.45, 2.75) is 26.9 Å². The molecule has 1 atom stereocenters. The Kier molecular flexibility index (Phi) is 4.93. The first-order chi connectivity index (χ1) is 9.26. The number of hydrogen-bond acceptors (Lipinski definition) is 3. The zero-order chi connectivity index (χ0) is 13.7. The first kappa shape index (κ1) is 14.0. The summed E-state index contributed by atoms with van der Waals surface area (Å²) in [5, 5.41) is 3.46. The molecule has 0 radical (unpaired) electrons. The van der Waals surface area contributed by atoms with Crippen LogP contribution in [-0.2, 0) is 17.8 Å². The summed E-state index contributed by atoms with van der Waals surface area (Å²) in [6.45, 7) is 7.82. The van der Waals surface area contributed by atoms with Crippen LogP contribution in [0.25, 0.3) is 11.0 Å². The maximum Gasteiger partial charge on any atom is 0.123 e. The SMILES string of the molecule is CCn1c(CNCC(C)COC)nc2ccccc21. The van der Waals surface area contributed by atoms with Crippen LogP contribution < -0.4 is 5.32 Å². The molecule has 104 valence electrons. The van der Waals surface area contributed by atoms with Crippen LogP contribution in [0.4, 0.5) is 0 Å². The second kappa shape index (κ2) is 6.68. The highest BCUT2D eigenvalue weighted by atomic mass is 16.5. The van der Waals surface area contributed by atoms with Crippen molar-refractivity contribution in [2.24, 2.45) is 5.92 Å². The molecule has 1 aromatic heterocycles. The molecule has 1 unspecified atom stereocenters. The van der Waals surface area contributed by atoms with Gasteiger partial charge in [0.1, 0.15) is 5.82 Å². The van der Waals surface area contributed by atoms with Crippen molar-refractivity contribution in [3.63, 3.8) is 0 Å². The van der Waals surface area contributed by atoms with Gasteiger partial charge in [0, 0.05) is 26.8 Å². The van der Waals surface area contributed by atoms with Crippen LogP contribution in [0.2, 0.25) is 0 Å². The fraction of sp³-hybridized carbons (Fsp3) is 0.533. The third-order valence-corrected chi connectivity index (χ3v) is 3.28. The lowest BCUT2D eigenvalue weighted by atomic mass is 10.2. The molecule has 0 aliphatic carbocycles. The standard InChI is InChI=1S/C15H23N3O/c1-4-18-14-8-6-5-7-13(14)17-15(18)10-16-9-12(2)11-19-3/h5-8,12,16H,4,9-11H2,1-3H3. The maximum atomic E-state index is 5.14. The first-order valence-electron chi connectivity index (χ1n) is 6.90. The summed E-state index contributed by atoms with van der Waals surface area (Å²) < 4.78 is 7.41. The Labute approximate surface area is 114 Å². The average Bonchev–Trinajstić information content (AvgIpc) is 2.76. The molecule has 0 amide bonds. The predicted octanol–water partition coefficient (Wildman–Crippen LogP) is 2.43.